The van der Waals surface area contributed by atoms with Gasteiger partial charge in [-0.2, -0.15) is 0 Å². The zero-order valence-corrected chi connectivity index (χ0v) is 62.1. The van der Waals surface area contributed by atoms with Gasteiger partial charge in [-0.15, -0.1) is 0 Å². The Morgan fingerprint density at radius 2 is 0.700 bits per heavy atom. The van der Waals surface area contributed by atoms with Gasteiger partial charge in [0.2, 0.25) is 0 Å². The quantitative estimate of drug-likeness (QED) is 0.00886. The number of aliphatic hydroxyl groups excluding tert-OH is 10. The minimum atomic E-state index is -5.70. The molecule has 0 spiro atoms. The molecule has 0 amide bonds. The number of hydrogen-bond donors (Lipinski definition) is 11. The number of hydrogen-bond acceptors (Lipinski definition) is 23. The lowest BCUT2D eigenvalue weighted by molar-refractivity contribution is -0.360. The van der Waals surface area contributed by atoms with Crippen molar-refractivity contribution in [3.8, 4) is 0 Å². The third-order valence-corrected chi connectivity index (χ3v) is 20.2. The van der Waals surface area contributed by atoms with E-state index in [4.69, 9.17) is 42.2 Å². The fourth-order valence-electron chi connectivity index (χ4n) is 12.8. The fraction of sp³-hybridized carbons (Fsp3) is 0.907. The minimum Gasteiger partial charge on any atom is -0.463 e. The van der Waals surface area contributed by atoms with E-state index in [2.05, 4.69) is 45.1 Å². The number of rotatable bonds is 61. The highest BCUT2D eigenvalue weighted by atomic mass is 31.2. The summed E-state index contributed by atoms with van der Waals surface area (Å²) in [4.78, 5) is 51.1. The van der Waals surface area contributed by atoms with Crippen LogP contribution in [0.15, 0.2) is 24.3 Å². The van der Waals surface area contributed by atoms with Crippen molar-refractivity contribution in [2.24, 2.45) is 0 Å². The molecule has 0 aromatic rings. The van der Waals surface area contributed by atoms with Crippen molar-refractivity contribution in [2.45, 2.75) is 407 Å². The lowest BCUT2D eigenvalue weighted by atomic mass is 9.84. The molecule has 2 heterocycles. The number of carbonyl (C=O) groups excluding carboxylic acids is 3. The van der Waals surface area contributed by atoms with Crippen molar-refractivity contribution in [2.75, 3.05) is 26.4 Å². The Kier molecular flexibility index (Phi) is 52.0. The molecule has 3 aliphatic rings. The van der Waals surface area contributed by atoms with Crippen LogP contribution < -0.4 is 0 Å². The van der Waals surface area contributed by atoms with Gasteiger partial charge in [-0.1, -0.05) is 238 Å². The summed E-state index contributed by atoms with van der Waals surface area (Å²) in [6.07, 6.45) is 18.0. The fourth-order valence-corrected chi connectivity index (χ4v) is 13.8. The summed E-state index contributed by atoms with van der Waals surface area (Å²) >= 11 is 0. The second kappa shape index (κ2) is 56.7. The van der Waals surface area contributed by atoms with Crippen LogP contribution in [0, 0.1) is 0 Å². The van der Waals surface area contributed by atoms with Crippen molar-refractivity contribution in [3.63, 3.8) is 0 Å². The normalized spacial score (nSPS) is 27.4. The molecular weight excluding hydrogens is 1320 g/mol. The molecular formula is C75H137O24P. The van der Waals surface area contributed by atoms with Crippen LogP contribution in [-0.2, 0) is 61.2 Å². The molecule has 3 rings (SSSR count). The average molecular weight is 1450 g/mol. The first-order chi connectivity index (χ1) is 48.3. The number of unbranched alkanes of at least 4 members (excludes halogenated alkanes) is 36. The number of ether oxygens (including phenoxy) is 7. The van der Waals surface area contributed by atoms with E-state index in [9.17, 15) is 74.9 Å². The monoisotopic (exact) mass is 1450 g/mol. The van der Waals surface area contributed by atoms with E-state index < -0.39 is 156 Å². The van der Waals surface area contributed by atoms with E-state index in [1.165, 1.54) is 135 Å². The van der Waals surface area contributed by atoms with Crippen LogP contribution in [-0.4, -0.2) is 204 Å². The van der Waals surface area contributed by atoms with Gasteiger partial charge in [0, 0.05) is 19.3 Å². The Bertz CT molecular complexity index is 2160. The summed E-state index contributed by atoms with van der Waals surface area (Å²) in [5, 5.41) is 110. The smallest absolute Gasteiger partial charge is 0.463 e. The molecule has 100 heavy (non-hydrogen) atoms. The van der Waals surface area contributed by atoms with Crippen LogP contribution in [0.5, 0.6) is 0 Å². The summed E-state index contributed by atoms with van der Waals surface area (Å²) in [6.45, 7) is 3.44. The molecule has 3 fully saturated rings. The Hall–Kier alpha value is -2.56. The number of aliphatic hydroxyl groups is 10. The number of carbonyl (C=O) groups is 3. The van der Waals surface area contributed by atoms with Crippen LogP contribution in [0.4, 0.5) is 0 Å². The van der Waals surface area contributed by atoms with Crippen molar-refractivity contribution in [1.29, 1.82) is 0 Å². The van der Waals surface area contributed by atoms with Crippen LogP contribution >= 0.6 is 7.82 Å². The third-order valence-electron chi connectivity index (χ3n) is 19.2. The first kappa shape index (κ1) is 91.6. The van der Waals surface area contributed by atoms with Gasteiger partial charge >= 0.3 is 25.7 Å². The molecule has 1 saturated carbocycles. The van der Waals surface area contributed by atoms with Gasteiger partial charge in [0.05, 0.1) is 13.2 Å². The second-order valence-corrected chi connectivity index (χ2v) is 29.5. The molecule has 0 radical (unpaired) electrons. The zero-order valence-electron chi connectivity index (χ0n) is 61.2. The van der Waals surface area contributed by atoms with Gasteiger partial charge in [-0.3, -0.25) is 23.4 Å². The first-order valence-electron chi connectivity index (χ1n) is 39.1. The Morgan fingerprint density at radius 3 is 1.10 bits per heavy atom. The Morgan fingerprint density at radius 1 is 0.380 bits per heavy atom. The molecule has 1 aliphatic carbocycles. The number of esters is 3. The van der Waals surface area contributed by atoms with E-state index in [1.54, 1.807) is 0 Å². The van der Waals surface area contributed by atoms with Gasteiger partial charge in [0.1, 0.15) is 98.7 Å². The standard InChI is InChI=1S/C75H137O24P/c1-4-7-10-13-16-19-22-25-28-30-33-34-37-40-43-46-49-59(77)91-53-56(94-61(79)51-48-45-42-39-36-31-27-24-21-18-15-12-9-6-3)54-93-100(89,90)99-73-71(97-74-69(87)64(82)62(80)57(52-76)95-74)67(85)66(84)68(86)72(73)98-75-70(88)65(83)63(81)58(96-75)55-92-60(78)50-47-44-41-38-35-32-29-26-23-20-17-14-11-8-5-2/h20,23,31,36,56-58,62-76,80-88H,4-19,21-22,24-30,32-35,37-55H2,1-3H3,(H,89,90)/b23-20-,36-31-. The zero-order chi connectivity index (χ0) is 73.2. The molecule has 0 bridgehead atoms. The Labute approximate surface area is 598 Å². The summed E-state index contributed by atoms with van der Waals surface area (Å²) in [7, 11) is -5.70. The molecule has 25 heteroatoms. The number of phosphoric acid groups is 1. The van der Waals surface area contributed by atoms with E-state index in [-0.39, 0.29) is 19.3 Å². The highest BCUT2D eigenvalue weighted by molar-refractivity contribution is 7.47. The van der Waals surface area contributed by atoms with E-state index in [0.29, 0.717) is 25.7 Å². The van der Waals surface area contributed by atoms with Crippen molar-refractivity contribution < 1.29 is 117 Å². The largest absolute Gasteiger partial charge is 0.472 e. The highest BCUT2D eigenvalue weighted by Crippen LogP contribution is 2.49. The summed E-state index contributed by atoms with van der Waals surface area (Å²) in [5.74, 6) is -2.00. The van der Waals surface area contributed by atoms with Gasteiger partial charge < -0.3 is 89.1 Å². The van der Waals surface area contributed by atoms with Gasteiger partial charge in [-0.25, -0.2) is 4.57 Å². The predicted octanol–water partition coefficient (Wildman–Crippen LogP) is 11.3. The van der Waals surface area contributed by atoms with Gasteiger partial charge in [0.15, 0.2) is 18.7 Å². The maximum Gasteiger partial charge on any atom is 0.472 e. The highest BCUT2D eigenvalue weighted by Gasteiger charge is 2.58. The molecule has 0 aromatic carbocycles. The number of phosphoric ester groups is 1. The summed E-state index contributed by atoms with van der Waals surface area (Å²) in [6, 6.07) is 0. The SMILES string of the molecule is CCCCCC/C=C\CCCCCCCCCC(=O)OCC1OC(OC2C(O)C(O)C(O)C(OC3OC(CO)C(O)C(O)C3O)C2OP(=O)(O)OCC(COC(=O)CCCCCCCCCCCCCCCCCC)OC(=O)CCCCC/C=C\CCCCCCCCC)C(O)C(O)C1O. The molecule has 2 saturated heterocycles. The molecule has 18 unspecified atom stereocenters. The maximum atomic E-state index is 14.3. The maximum absolute atomic E-state index is 14.3. The second-order valence-electron chi connectivity index (χ2n) is 28.1. The molecule has 586 valence electrons. The van der Waals surface area contributed by atoms with Crippen LogP contribution in [0.3, 0.4) is 0 Å². The molecule has 2 aliphatic heterocycles. The number of allylic oxidation sites excluding steroid dienone is 4. The first-order valence-corrected chi connectivity index (χ1v) is 40.6. The summed E-state index contributed by atoms with van der Waals surface area (Å²) in [5.41, 5.74) is 0. The van der Waals surface area contributed by atoms with E-state index in [0.717, 1.165) is 103 Å². The predicted molar refractivity (Wildman–Crippen MR) is 379 cm³/mol. The average Bonchev–Trinajstić information content (AvgIpc) is 0.764. The lowest BCUT2D eigenvalue weighted by Gasteiger charge is -2.49. The van der Waals surface area contributed by atoms with Crippen molar-refractivity contribution in [3.05, 3.63) is 24.3 Å². The molecule has 18 atom stereocenters. The van der Waals surface area contributed by atoms with E-state index in [1.807, 2.05) is 0 Å². The van der Waals surface area contributed by atoms with Crippen LogP contribution in [0.1, 0.15) is 303 Å². The topological polar surface area (TPSA) is 374 Å². The van der Waals surface area contributed by atoms with Gasteiger partial charge in [-0.05, 0) is 70.6 Å². The Balaban J connectivity index is 1.72. The van der Waals surface area contributed by atoms with Gasteiger partial charge in [0.25, 0.3) is 0 Å². The molecule has 0 aromatic heterocycles. The lowest BCUT2D eigenvalue weighted by Crippen LogP contribution is -2.69. The van der Waals surface area contributed by atoms with Crippen LogP contribution in [0.2, 0.25) is 0 Å². The van der Waals surface area contributed by atoms with Crippen LogP contribution in [0.25, 0.3) is 0 Å². The molecule has 24 nitrogen and oxygen atoms in total. The van der Waals surface area contributed by atoms with Crippen molar-refractivity contribution in [1.82, 2.24) is 0 Å². The molecule has 11 N–H and O–H groups in total. The summed E-state index contributed by atoms with van der Waals surface area (Å²) < 4.78 is 65.1. The third kappa shape index (κ3) is 39.2. The van der Waals surface area contributed by atoms with E-state index >= 15 is 0 Å². The minimum absolute atomic E-state index is 0.0231. The van der Waals surface area contributed by atoms with Crippen molar-refractivity contribution >= 4 is 25.7 Å².